The second kappa shape index (κ2) is 3.68. The Kier molecular flexibility index (Phi) is 2.18. The molecule has 3 rings (SSSR count). The summed E-state index contributed by atoms with van der Waals surface area (Å²) in [6, 6.07) is 4.03. The smallest absolute Gasteiger partial charge is 0.182 e. The molecule has 0 saturated carbocycles. The molecule has 16 heavy (non-hydrogen) atoms. The van der Waals surface area contributed by atoms with Gasteiger partial charge in [0, 0.05) is 19.3 Å². The molecular weight excluding hydrogens is 202 g/mol. The van der Waals surface area contributed by atoms with Crippen molar-refractivity contribution in [3.8, 4) is 11.5 Å². The van der Waals surface area contributed by atoms with E-state index >= 15 is 0 Å². The average molecular weight is 215 g/mol. The van der Waals surface area contributed by atoms with Crippen LogP contribution in [-0.4, -0.2) is 26.3 Å². The SMILES string of the molecule is Cc1ccnc(-c2nnc3n2CCNC3)c1. The van der Waals surface area contributed by atoms with E-state index < -0.39 is 0 Å². The van der Waals surface area contributed by atoms with Crippen LogP contribution in [0.4, 0.5) is 0 Å². The molecule has 5 nitrogen and oxygen atoms in total. The fourth-order valence-electron chi connectivity index (χ4n) is 1.94. The number of pyridine rings is 1. The second-order valence-corrected chi connectivity index (χ2v) is 3.99. The lowest BCUT2D eigenvalue weighted by Gasteiger charge is -2.15. The van der Waals surface area contributed by atoms with E-state index in [-0.39, 0.29) is 0 Å². The molecule has 1 aliphatic heterocycles. The molecule has 0 unspecified atom stereocenters. The Balaban J connectivity index is 2.09. The van der Waals surface area contributed by atoms with Crippen LogP contribution in [-0.2, 0) is 13.1 Å². The van der Waals surface area contributed by atoms with E-state index in [1.165, 1.54) is 5.56 Å². The van der Waals surface area contributed by atoms with Gasteiger partial charge < -0.3 is 9.88 Å². The summed E-state index contributed by atoms with van der Waals surface area (Å²) in [5.41, 5.74) is 2.09. The fraction of sp³-hybridized carbons (Fsp3) is 0.364. The number of aryl methyl sites for hydroxylation is 1. The first-order chi connectivity index (χ1) is 7.84. The fourth-order valence-corrected chi connectivity index (χ4v) is 1.94. The summed E-state index contributed by atoms with van der Waals surface area (Å²) < 4.78 is 2.14. The van der Waals surface area contributed by atoms with Gasteiger partial charge in [0.2, 0.25) is 0 Å². The van der Waals surface area contributed by atoms with Crippen molar-refractivity contribution in [1.29, 1.82) is 0 Å². The van der Waals surface area contributed by atoms with Crippen molar-refractivity contribution in [3.05, 3.63) is 29.7 Å². The Hall–Kier alpha value is -1.75. The Bertz CT molecular complexity index is 517. The van der Waals surface area contributed by atoms with Crippen LogP contribution in [0.25, 0.3) is 11.5 Å². The highest BCUT2D eigenvalue weighted by Crippen LogP contribution is 2.17. The lowest BCUT2D eigenvalue weighted by molar-refractivity contribution is 0.508. The molecular formula is C11H13N5. The summed E-state index contributed by atoms with van der Waals surface area (Å²) in [6.45, 7) is 4.72. The topological polar surface area (TPSA) is 55.6 Å². The summed E-state index contributed by atoms with van der Waals surface area (Å²) in [6.07, 6.45) is 1.81. The number of nitrogens with one attached hydrogen (secondary N) is 1. The Morgan fingerprint density at radius 1 is 1.38 bits per heavy atom. The highest BCUT2D eigenvalue weighted by atomic mass is 15.3. The molecule has 2 aromatic heterocycles. The summed E-state index contributed by atoms with van der Waals surface area (Å²) in [7, 11) is 0. The van der Waals surface area contributed by atoms with Crippen molar-refractivity contribution in [1.82, 2.24) is 25.1 Å². The van der Waals surface area contributed by atoms with Crippen LogP contribution in [0.2, 0.25) is 0 Å². The van der Waals surface area contributed by atoms with E-state index in [0.29, 0.717) is 0 Å². The predicted molar refractivity (Wildman–Crippen MR) is 59.7 cm³/mol. The maximum Gasteiger partial charge on any atom is 0.182 e. The molecule has 0 aromatic carbocycles. The second-order valence-electron chi connectivity index (χ2n) is 3.99. The zero-order valence-corrected chi connectivity index (χ0v) is 9.14. The number of fused-ring (bicyclic) bond motifs is 1. The quantitative estimate of drug-likeness (QED) is 0.762. The highest BCUT2D eigenvalue weighted by Gasteiger charge is 2.17. The highest BCUT2D eigenvalue weighted by molar-refractivity contribution is 5.50. The van der Waals surface area contributed by atoms with Crippen LogP contribution in [0.15, 0.2) is 18.3 Å². The van der Waals surface area contributed by atoms with Gasteiger partial charge in [0.05, 0.1) is 6.54 Å². The molecule has 2 aromatic rings. The normalized spacial score (nSPS) is 14.8. The molecule has 0 fully saturated rings. The Labute approximate surface area is 93.5 Å². The van der Waals surface area contributed by atoms with Crippen LogP contribution in [0.3, 0.4) is 0 Å². The van der Waals surface area contributed by atoms with Gasteiger partial charge in [-0.05, 0) is 24.6 Å². The van der Waals surface area contributed by atoms with E-state index in [1.807, 2.05) is 18.3 Å². The summed E-state index contributed by atoms with van der Waals surface area (Å²) in [4.78, 5) is 4.35. The monoisotopic (exact) mass is 215 g/mol. The van der Waals surface area contributed by atoms with Crippen LogP contribution in [0.5, 0.6) is 0 Å². The van der Waals surface area contributed by atoms with Gasteiger partial charge >= 0.3 is 0 Å². The van der Waals surface area contributed by atoms with Crippen molar-refractivity contribution in [2.45, 2.75) is 20.0 Å². The maximum absolute atomic E-state index is 4.35. The van der Waals surface area contributed by atoms with Gasteiger partial charge in [-0.15, -0.1) is 10.2 Å². The average Bonchev–Trinajstić information content (AvgIpc) is 2.72. The number of nitrogens with zero attached hydrogens (tertiary/aromatic N) is 4. The zero-order valence-electron chi connectivity index (χ0n) is 9.14. The third-order valence-electron chi connectivity index (χ3n) is 2.77. The lowest BCUT2D eigenvalue weighted by Crippen LogP contribution is -2.28. The molecule has 3 heterocycles. The number of rotatable bonds is 1. The Morgan fingerprint density at radius 3 is 3.19 bits per heavy atom. The van der Waals surface area contributed by atoms with Gasteiger partial charge in [0.25, 0.3) is 0 Å². The molecule has 0 atom stereocenters. The largest absolute Gasteiger partial charge is 0.308 e. The van der Waals surface area contributed by atoms with Gasteiger partial charge in [-0.25, -0.2) is 0 Å². The lowest BCUT2D eigenvalue weighted by atomic mass is 10.2. The third-order valence-corrected chi connectivity index (χ3v) is 2.77. The zero-order chi connectivity index (χ0) is 11.0. The first-order valence-corrected chi connectivity index (χ1v) is 5.40. The van der Waals surface area contributed by atoms with Crippen molar-refractivity contribution in [2.24, 2.45) is 0 Å². The molecule has 0 amide bonds. The van der Waals surface area contributed by atoms with Crippen molar-refractivity contribution in [3.63, 3.8) is 0 Å². The molecule has 0 radical (unpaired) electrons. The summed E-state index contributed by atoms with van der Waals surface area (Å²) >= 11 is 0. The van der Waals surface area contributed by atoms with E-state index in [1.54, 1.807) is 0 Å². The van der Waals surface area contributed by atoms with Gasteiger partial charge in [-0.1, -0.05) is 0 Å². The van der Waals surface area contributed by atoms with Gasteiger partial charge in [-0.2, -0.15) is 0 Å². The molecule has 0 saturated heterocycles. The van der Waals surface area contributed by atoms with Gasteiger partial charge in [0.1, 0.15) is 11.5 Å². The van der Waals surface area contributed by atoms with Crippen LogP contribution in [0.1, 0.15) is 11.4 Å². The van der Waals surface area contributed by atoms with Crippen LogP contribution in [0, 0.1) is 6.92 Å². The predicted octanol–water partition coefficient (Wildman–Crippen LogP) is 0.752. The minimum absolute atomic E-state index is 0.790. The van der Waals surface area contributed by atoms with Crippen LogP contribution < -0.4 is 5.32 Å². The van der Waals surface area contributed by atoms with Gasteiger partial charge in [0.15, 0.2) is 5.82 Å². The van der Waals surface area contributed by atoms with E-state index in [9.17, 15) is 0 Å². The van der Waals surface area contributed by atoms with E-state index in [4.69, 9.17) is 0 Å². The molecule has 1 aliphatic rings. The molecule has 5 heteroatoms. The molecule has 0 bridgehead atoms. The van der Waals surface area contributed by atoms with Crippen molar-refractivity contribution >= 4 is 0 Å². The number of hydrogen-bond donors (Lipinski definition) is 1. The van der Waals surface area contributed by atoms with Crippen molar-refractivity contribution in [2.75, 3.05) is 6.54 Å². The van der Waals surface area contributed by atoms with E-state index in [0.717, 1.165) is 37.0 Å². The summed E-state index contributed by atoms with van der Waals surface area (Å²) in [5.74, 6) is 1.87. The standard InChI is InChI=1S/C11H13N5/c1-8-2-3-13-9(6-8)11-15-14-10-7-12-4-5-16(10)11/h2-3,6,12H,4-5,7H2,1H3. The minimum Gasteiger partial charge on any atom is -0.308 e. The van der Waals surface area contributed by atoms with E-state index in [2.05, 4.69) is 32.0 Å². The molecule has 1 N–H and O–H groups in total. The van der Waals surface area contributed by atoms with Crippen molar-refractivity contribution < 1.29 is 0 Å². The Morgan fingerprint density at radius 2 is 2.31 bits per heavy atom. The first kappa shape index (κ1) is 9.47. The van der Waals surface area contributed by atoms with Gasteiger partial charge in [-0.3, -0.25) is 4.98 Å². The molecule has 82 valence electrons. The summed E-state index contributed by atoms with van der Waals surface area (Å²) in [5, 5.41) is 11.7. The minimum atomic E-state index is 0.790. The first-order valence-electron chi connectivity index (χ1n) is 5.40. The third kappa shape index (κ3) is 1.49. The molecule has 0 spiro atoms. The maximum atomic E-state index is 4.35. The molecule has 0 aliphatic carbocycles. The number of hydrogen-bond acceptors (Lipinski definition) is 4. The number of aromatic nitrogens is 4. The van der Waals surface area contributed by atoms with Crippen LogP contribution >= 0.6 is 0 Å².